The first-order valence-corrected chi connectivity index (χ1v) is 5.91. The van der Waals surface area contributed by atoms with E-state index in [-0.39, 0.29) is 11.5 Å². The molecule has 0 saturated carbocycles. The minimum absolute atomic E-state index is 0.240. The molecule has 0 atom stereocenters. The number of nitrogens with one attached hydrogen (secondary N) is 1. The van der Waals surface area contributed by atoms with Crippen LogP contribution in [0.1, 0.15) is 15.9 Å². The molecular weight excluding hydrogens is 247 g/mol. The number of pyridine rings is 1. The third kappa shape index (κ3) is 2.40. The summed E-state index contributed by atoms with van der Waals surface area (Å²) in [5, 5.41) is 2.73. The fraction of sp³-hybridized carbons (Fsp3) is 0.143. The molecule has 1 N–H and O–H groups in total. The molecule has 0 spiro atoms. The SMILES string of the molecule is O=C(Nc1ccc2c(c1)CCO2)c1ccnc(F)c1. The number of hydrogen-bond donors (Lipinski definition) is 1. The maximum Gasteiger partial charge on any atom is 0.255 e. The molecule has 1 aliphatic heterocycles. The maximum atomic E-state index is 12.9. The van der Waals surface area contributed by atoms with Crippen molar-refractivity contribution in [3.8, 4) is 5.75 Å². The molecular formula is C14H11FN2O2. The number of benzene rings is 1. The van der Waals surface area contributed by atoms with E-state index in [2.05, 4.69) is 10.3 Å². The second-order valence-corrected chi connectivity index (χ2v) is 4.24. The van der Waals surface area contributed by atoms with E-state index in [9.17, 15) is 9.18 Å². The summed E-state index contributed by atoms with van der Waals surface area (Å²) in [6.07, 6.45) is 2.10. The van der Waals surface area contributed by atoms with E-state index in [1.54, 1.807) is 6.07 Å². The highest BCUT2D eigenvalue weighted by molar-refractivity contribution is 6.04. The van der Waals surface area contributed by atoms with Gasteiger partial charge in [-0.25, -0.2) is 4.98 Å². The van der Waals surface area contributed by atoms with Gasteiger partial charge >= 0.3 is 0 Å². The zero-order chi connectivity index (χ0) is 13.2. The Hall–Kier alpha value is -2.43. The van der Waals surface area contributed by atoms with Gasteiger partial charge in [-0.1, -0.05) is 0 Å². The van der Waals surface area contributed by atoms with Crippen molar-refractivity contribution < 1.29 is 13.9 Å². The van der Waals surface area contributed by atoms with Crippen molar-refractivity contribution in [2.75, 3.05) is 11.9 Å². The molecule has 2 heterocycles. The number of carbonyl (C=O) groups is 1. The second kappa shape index (κ2) is 4.68. The molecule has 0 aliphatic carbocycles. The Balaban J connectivity index is 1.80. The molecule has 2 aromatic rings. The number of nitrogens with zero attached hydrogens (tertiary/aromatic N) is 1. The first-order chi connectivity index (χ1) is 9.22. The summed E-state index contributed by atoms with van der Waals surface area (Å²) in [5.74, 6) is -0.178. The Morgan fingerprint density at radius 1 is 1.32 bits per heavy atom. The molecule has 3 rings (SSSR count). The molecule has 5 heteroatoms. The van der Waals surface area contributed by atoms with Crippen molar-refractivity contribution in [3.63, 3.8) is 0 Å². The number of ether oxygens (including phenoxy) is 1. The van der Waals surface area contributed by atoms with Crippen LogP contribution in [-0.2, 0) is 6.42 Å². The standard InChI is InChI=1S/C14H11FN2O2/c15-13-8-10(3-5-16-13)14(18)17-11-1-2-12-9(7-11)4-6-19-12/h1-3,5,7-8H,4,6H2,(H,17,18). The lowest BCUT2D eigenvalue weighted by Gasteiger charge is -2.06. The zero-order valence-electron chi connectivity index (χ0n) is 10.0. The normalized spacial score (nSPS) is 12.7. The van der Waals surface area contributed by atoms with E-state index in [1.165, 1.54) is 12.3 Å². The van der Waals surface area contributed by atoms with Gasteiger partial charge in [0.05, 0.1) is 6.61 Å². The Kier molecular flexibility index (Phi) is 2.87. The van der Waals surface area contributed by atoms with Crippen LogP contribution in [0.15, 0.2) is 36.5 Å². The highest BCUT2D eigenvalue weighted by Crippen LogP contribution is 2.27. The topological polar surface area (TPSA) is 51.2 Å². The molecule has 1 aliphatic rings. The lowest BCUT2D eigenvalue weighted by atomic mass is 10.1. The number of halogens is 1. The van der Waals surface area contributed by atoms with Gasteiger partial charge in [-0.2, -0.15) is 4.39 Å². The molecule has 19 heavy (non-hydrogen) atoms. The lowest BCUT2D eigenvalue weighted by molar-refractivity contribution is 0.102. The summed E-state index contributed by atoms with van der Waals surface area (Å²) in [6.45, 7) is 0.669. The van der Waals surface area contributed by atoms with Gasteiger partial charge in [-0.15, -0.1) is 0 Å². The van der Waals surface area contributed by atoms with Crippen LogP contribution in [0.25, 0.3) is 0 Å². The van der Waals surface area contributed by atoms with Gasteiger partial charge in [0.25, 0.3) is 5.91 Å². The highest BCUT2D eigenvalue weighted by Gasteiger charge is 2.13. The summed E-state index contributed by atoms with van der Waals surface area (Å²) in [5.41, 5.74) is 1.98. The average molecular weight is 258 g/mol. The zero-order valence-corrected chi connectivity index (χ0v) is 10.0. The predicted octanol–water partition coefficient (Wildman–Crippen LogP) is 2.41. The van der Waals surface area contributed by atoms with Gasteiger partial charge < -0.3 is 10.1 Å². The fourth-order valence-corrected chi connectivity index (χ4v) is 2.01. The van der Waals surface area contributed by atoms with E-state index < -0.39 is 5.95 Å². The van der Waals surface area contributed by atoms with Crippen molar-refractivity contribution in [3.05, 3.63) is 53.6 Å². The Bertz CT molecular complexity index is 643. The Morgan fingerprint density at radius 2 is 2.21 bits per heavy atom. The second-order valence-electron chi connectivity index (χ2n) is 4.24. The summed E-state index contributed by atoms with van der Waals surface area (Å²) >= 11 is 0. The summed E-state index contributed by atoms with van der Waals surface area (Å²) in [7, 11) is 0. The number of carbonyl (C=O) groups excluding carboxylic acids is 1. The van der Waals surface area contributed by atoms with Gasteiger partial charge in [-0.05, 0) is 29.8 Å². The van der Waals surface area contributed by atoms with Crippen LogP contribution >= 0.6 is 0 Å². The number of anilines is 1. The molecule has 0 bridgehead atoms. The molecule has 0 saturated heterocycles. The number of amides is 1. The minimum Gasteiger partial charge on any atom is -0.493 e. The number of rotatable bonds is 2. The van der Waals surface area contributed by atoms with Gasteiger partial charge in [0.15, 0.2) is 0 Å². The van der Waals surface area contributed by atoms with Crippen molar-refractivity contribution >= 4 is 11.6 Å². The first-order valence-electron chi connectivity index (χ1n) is 5.91. The molecule has 1 aromatic heterocycles. The predicted molar refractivity (Wildman–Crippen MR) is 67.8 cm³/mol. The van der Waals surface area contributed by atoms with Gasteiger partial charge in [0.2, 0.25) is 5.95 Å². The molecule has 4 nitrogen and oxygen atoms in total. The summed E-state index contributed by atoms with van der Waals surface area (Å²) < 4.78 is 18.3. The molecule has 1 amide bonds. The van der Waals surface area contributed by atoms with E-state index >= 15 is 0 Å². The van der Waals surface area contributed by atoms with Crippen molar-refractivity contribution in [2.45, 2.75) is 6.42 Å². The van der Waals surface area contributed by atoms with Crippen LogP contribution in [0, 0.1) is 5.95 Å². The van der Waals surface area contributed by atoms with E-state index in [1.807, 2.05) is 12.1 Å². The smallest absolute Gasteiger partial charge is 0.255 e. The number of hydrogen-bond acceptors (Lipinski definition) is 3. The largest absolute Gasteiger partial charge is 0.493 e. The van der Waals surface area contributed by atoms with Gasteiger partial charge in [0, 0.05) is 29.9 Å². The first kappa shape index (κ1) is 11.6. The van der Waals surface area contributed by atoms with Crippen LogP contribution in [0.4, 0.5) is 10.1 Å². The monoisotopic (exact) mass is 258 g/mol. The number of aromatic nitrogens is 1. The summed E-state index contributed by atoms with van der Waals surface area (Å²) in [4.78, 5) is 15.3. The average Bonchev–Trinajstić information content (AvgIpc) is 2.86. The molecule has 0 fully saturated rings. The molecule has 1 aromatic carbocycles. The third-order valence-electron chi connectivity index (χ3n) is 2.94. The van der Waals surface area contributed by atoms with E-state index in [4.69, 9.17) is 4.74 Å². The Labute approximate surface area is 109 Å². The van der Waals surface area contributed by atoms with Crippen LogP contribution in [-0.4, -0.2) is 17.5 Å². The highest BCUT2D eigenvalue weighted by atomic mass is 19.1. The molecule has 0 unspecified atom stereocenters. The minimum atomic E-state index is -0.671. The van der Waals surface area contributed by atoms with Crippen LogP contribution < -0.4 is 10.1 Å². The number of fused-ring (bicyclic) bond motifs is 1. The van der Waals surface area contributed by atoms with Crippen molar-refractivity contribution in [1.82, 2.24) is 4.98 Å². The van der Waals surface area contributed by atoms with Crippen LogP contribution in [0.3, 0.4) is 0 Å². The molecule has 96 valence electrons. The fourth-order valence-electron chi connectivity index (χ4n) is 2.01. The van der Waals surface area contributed by atoms with Crippen molar-refractivity contribution in [1.29, 1.82) is 0 Å². The van der Waals surface area contributed by atoms with Crippen LogP contribution in [0.2, 0.25) is 0 Å². The Morgan fingerprint density at radius 3 is 3.05 bits per heavy atom. The quantitative estimate of drug-likeness (QED) is 0.841. The summed E-state index contributed by atoms with van der Waals surface area (Å²) in [6, 6.07) is 8.03. The van der Waals surface area contributed by atoms with Crippen molar-refractivity contribution in [2.24, 2.45) is 0 Å². The van der Waals surface area contributed by atoms with E-state index in [0.717, 1.165) is 23.8 Å². The van der Waals surface area contributed by atoms with Gasteiger partial charge in [0.1, 0.15) is 5.75 Å². The van der Waals surface area contributed by atoms with Crippen LogP contribution in [0.5, 0.6) is 5.75 Å². The third-order valence-corrected chi connectivity index (χ3v) is 2.94. The molecule has 0 radical (unpaired) electrons. The van der Waals surface area contributed by atoms with Gasteiger partial charge in [-0.3, -0.25) is 4.79 Å². The van der Waals surface area contributed by atoms with E-state index in [0.29, 0.717) is 12.3 Å². The maximum absolute atomic E-state index is 12.9. The lowest BCUT2D eigenvalue weighted by Crippen LogP contribution is -2.12.